The van der Waals surface area contributed by atoms with E-state index >= 15 is 0 Å². The number of rotatable bonds is 3. The third-order valence-corrected chi connectivity index (χ3v) is 3.32. The van der Waals surface area contributed by atoms with Gasteiger partial charge in [0.25, 0.3) is 0 Å². The predicted octanol–water partition coefficient (Wildman–Crippen LogP) is 0.468. The first-order chi connectivity index (χ1) is 5.70. The van der Waals surface area contributed by atoms with Crippen LogP contribution in [0.3, 0.4) is 0 Å². The molecule has 1 fully saturated rings. The van der Waals surface area contributed by atoms with Crippen molar-refractivity contribution in [2.75, 3.05) is 0 Å². The Kier molecular flexibility index (Phi) is 3.86. The predicted molar refractivity (Wildman–Crippen MR) is 46.5 cm³/mol. The molecule has 0 aromatic heterocycles. The Bertz CT molecular complexity index is 198. The molecule has 1 heterocycles. The first kappa shape index (κ1) is 9.85. The summed E-state index contributed by atoms with van der Waals surface area (Å²) in [6.45, 7) is 0. The molecule has 0 spiro atoms. The Morgan fingerprint density at radius 2 is 2.50 bits per heavy atom. The molecule has 1 saturated heterocycles. The summed E-state index contributed by atoms with van der Waals surface area (Å²) in [5, 5.41) is 11.3. The molecule has 2 N–H and O–H groups in total. The zero-order chi connectivity index (χ0) is 8.97. The van der Waals surface area contributed by atoms with Crippen LogP contribution in [0.4, 0.5) is 0 Å². The SMILES string of the molecule is O=C(O)CCC1NPPOC1=O. The minimum absolute atomic E-state index is 0.000355. The van der Waals surface area contributed by atoms with E-state index in [1.54, 1.807) is 0 Å². The summed E-state index contributed by atoms with van der Waals surface area (Å²) in [7, 11) is 0.600. The molecule has 0 amide bonds. The maximum absolute atomic E-state index is 10.9. The monoisotopic (exact) mass is 209 g/mol. The van der Waals surface area contributed by atoms with Gasteiger partial charge in [-0.25, -0.2) is 0 Å². The van der Waals surface area contributed by atoms with E-state index in [-0.39, 0.29) is 20.9 Å². The molecule has 5 nitrogen and oxygen atoms in total. The second-order valence-electron chi connectivity index (χ2n) is 2.28. The van der Waals surface area contributed by atoms with E-state index in [0.717, 1.165) is 0 Å². The molecular formula is C5H9NO4P2. The summed E-state index contributed by atoms with van der Waals surface area (Å²) < 4.78 is 4.77. The van der Waals surface area contributed by atoms with Crippen molar-refractivity contribution in [3.05, 3.63) is 0 Å². The zero-order valence-corrected chi connectivity index (χ0v) is 8.16. The Hall–Kier alpha value is -0.240. The lowest BCUT2D eigenvalue weighted by molar-refractivity contribution is -0.138. The second-order valence-corrected chi connectivity index (χ2v) is 4.59. The van der Waals surface area contributed by atoms with Gasteiger partial charge < -0.3 is 9.63 Å². The van der Waals surface area contributed by atoms with Gasteiger partial charge >= 0.3 is 11.9 Å². The third kappa shape index (κ3) is 3.02. The summed E-state index contributed by atoms with van der Waals surface area (Å²) in [5.74, 6) is -1.21. The minimum Gasteiger partial charge on any atom is -0.481 e. The van der Waals surface area contributed by atoms with Crippen molar-refractivity contribution in [1.29, 1.82) is 0 Å². The number of nitrogens with one attached hydrogen (secondary N) is 1. The van der Waals surface area contributed by atoms with Crippen molar-refractivity contribution in [2.24, 2.45) is 0 Å². The fraction of sp³-hybridized carbons (Fsp3) is 0.600. The minimum atomic E-state index is -0.888. The Morgan fingerprint density at radius 1 is 1.75 bits per heavy atom. The number of aliphatic carboxylic acids is 1. The number of hydrogen-bond donors (Lipinski definition) is 2. The number of carboxylic acids is 1. The van der Waals surface area contributed by atoms with Crippen LogP contribution in [0, 0.1) is 0 Å². The second kappa shape index (κ2) is 4.70. The van der Waals surface area contributed by atoms with Gasteiger partial charge in [0, 0.05) is 14.8 Å². The van der Waals surface area contributed by atoms with E-state index in [9.17, 15) is 9.59 Å². The molecule has 0 saturated carbocycles. The van der Waals surface area contributed by atoms with Gasteiger partial charge in [-0.3, -0.25) is 14.7 Å². The highest BCUT2D eigenvalue weighted by molar-refractivity contribution is 8.09. The fourth-order valence-electron chi connectivity index (χ4n) is 0.780. The van der Waals surface area contributed by atoms with Gasteiger partial charge in [-0.1, -0.05) is 0 Å². The summed E-state index contributed by atoms with van der Waals surface area (Å²) in [6.07, 6.45) is 0.312. The molecule has 0 bridgehead atoms. The quantitative estimate of drug-likeness (QED) is 0.660. The molecule has 3 atom stereocenters. The third-order valence-electron chi connectivity index (χ3n) is 1.38. The average molecular weight is 209 g/mol. The summed E-state index contributed by atoms with van der Waals surface area (Å²) in [6, 6.07) is -0.416. The van der Waals surface area contributed by atoms with Crippen LogP contribution in [0.5, 0.6) is 0 Å². The van der Waals surface area contributed by atoms with Crippen LogP contribution in [0.15, 0.2) is 0 Å². The molecule has 1 aliphatic heterocycles. The zero-order valence-electron chi connectivity index (χ0n) is 6.16. The topological polar surface area (TPSA) is 75.6 Å². The maximum Gasteiger partial charge on any atom is 0.326 e. The van der Waals surface area contributed by atoms with Gasteiger partial charge in [-0.15, -0.1) is 0 Å². The van der Waals surface area contributed by atoms with E-state index in [2.05, 4.69) is 5.09 Å². The largest absolute Gasteiger partial charge is 0.481 e. The van der Waals surface area contributed by atoms with Gasteiger partial charge in [0.2, 0.25) is 0 Å². The Morgan fingerprint density at radius 3 is 3.08 bits per heavy atom. The summed E-state index contributed by atoms with van der Waals surface area (Å²) >= 11 is 0. The van der Waals surface area contributed by atoms with Crippen LogP contribution in [-0.2, 0) is 14.1 Å². The first-order valence-electron chi connectivity index (χ1n) is 3.38. The van der Waals surface area contributed by atoms with Crippen molar-refractivity contribution >= 4 is 28.9 Å². The van der Waals surface area contributed by atoms with Crippen LogP contribution in [0.25, 0.3) is 0 Å². The highest BCUT2D eigenvalue weighted by atomic mass is 32.0. The molecular weight excluding hydrogens is 200 g/mol. The van der Waals surface area contributed by atoms with Gasteiger partial charge in [0.05, 0.1) is 0 Å². The highest BCUT2D eigenvalue weighted by Crippen LogP contribution is 2.39. The van der Waals surface area contributed by atoms with Crippen LogP contribution in [0.1, 0.15) is 12.8 Å². The summed E-state index contributed by atoms with van der Waals surface area (Å²) in [4.78, 5) is 21.1. The molecule has 0 aromatic rings. The van der Waals surface area contributed by atoms with Gasteiger partial charge in [0.15, 0.2) is 0 Å². The number of carbonyl (C=O) groups is 2. The van der Waals surface area contributed by atoms with Crippen molar-refractivity contribution in [3.63, 3.8) is 0 Å². The smallest absolute Gasteiger partial charge is 0.326 e. The molecule has 0 aromatic carbocycles. The molecule has 1 rings (SSSR count). The molecule has 3 unspecified atom stereocenters. The van der Waals surface area contributed by atoms with Crippen LogP contribution in [-0.4, -0.2) is 23.1 Å². The van der Waals surface area contributed by atoms with E-state index in [1.807, 2.05) is 0 Å². The highest BCUT2D eigenvalue weighted by Gasteiger charge is 2.23. The Balaban J connectivity index is 2.29. The van der Waals surface area contributed by atoms with Crippen molar-refractivity contribution < 1.29 is 19.2 Å². The van der Waals surface area contributed by atoms with E-state index in [0.29, 0.717) is 14.8 Å². The molecule has 68 valence electrons. The lowest BCUT2D eigenvalue weighted by Gasteiger charge is -2.20. The van der Waals surface area contributed by atoms with Crippen molar-refractivity contribution in [2.45, 2.75) is 18.9 Å². The molecule has 1 aliphatic rings. The Labute approximate surface area is 72.8 Å². The van der Waals surface area contributed by atoms with Crippen molar-refractivity contribution in [3.8, 4) is 0 Å². The lowest BCUT2D eigenvalue weighted by atomic mass is 10.2. The van der Waals surface area contributed by atoms with Crippen LogP contribution < -0.4 is 5.09 Å². The number of hydrogen-bond acceptors (Lipinski definition) is 4. The van der Waals surface area contributed by atoms with E-state index < -0.39 is 12.0 Å². The van der Waals surface area contributed by atoms with Gasteiger partial charge in [0.1, 0.15) is 14.5 Å². The first-order valence-corrected chi connectivity index (χ1v) is 6.29. The average Bonchev–Trinajstić information content (AvgIpc) is 2.03. The van der Waals surface area contributed by atoms with Crippen LogP contribution in [0.2, 0.25) is 0 Å². The molecule has 12 heavy (non-hydrogen) atoms. The normalized spacial score (nSPS) is 27.3. The standard InChI is InChI=1S/C5H9NO4P2/c7-4(8)2-1-3-5(9)10-12-11-6-3/h3,6,11-12H,1-2H2,(H,7,8). The fourth-order valence-corrected chi connectivity index (χ4v) is 2.72. The summed E-state index contributed by atoms with van der Waals surface area (Å²) in [5.41, 5.74) is 0. The molecule has 0 radical (unpaired) electrons. The van der Waals surface area contributed by atoms with Gasteiger partial charge in [-0.05, 0) is 6.42 Å². The van der Waals surface area contributed by atoms with E-state index in [1.165, 1.54) is 0 Å². The number of carboxylic acid groups (broad SMARTS) is 1. The van der Waals surface area contributed by atoms with Crippen molar-refractivity contribution in [1.82, 2.24) is 5.09 Å². The van der Waals surface area contributed by atoms with E-state index in [4.69, 9.17) is 9.63 Å². The molecule has 7 heteroatoms. The number of carbonyl (C=O) groups excluding carboxylic acids is 1. The lowest BCUT2D eigenvalue weighted by Crippen LogP contribution is -2.34. The van der Waals surface area contributed by atoms with Crippen LogP contribution >= 0.6 is 16.9 Å². The molecule has 0 aliphatic carbocycles. The van der Waals surface area contributed by atoms with Gasteiger partial charge in [-0.2, -0.15) is 0 Å². The maximum atomic E-state index is 10.9.